The van der Waals surface area contributed by atoms with Crippen LogP contribution >= 0.6 is 11.3 Å². The number of carboxylic acids is 1. The Labute approximate surface area is 128 Å². The third-order valence-corrected chi connectivity index (χ3v) is 5.82. The number of hydrogen-bond donors (Lipinski definition) is 2. The lowest BCUT2D eigenvalue weighted by atomic mass is 10.2. The molecule has 2 heterocycles. The van der Waals surface area contributed by atoms with Gasteiger partial charge in [0.1, 0.15) is 0 Å². The Morgan fingerprint density at radius 3 is 2.57 bits per heavy atom. The first-order chi connectivity index (χ1) is 9.99. The minimum atomic E-state index is -3.44. The molecular weight excluding hydrogens is 314 g/mol. The number of hydrogen-bond acceptors (Lipinski definition) is 5. The fourth-order valence-electron chi connectivity index (χ4n) is 2.18. The quantitative estimate of drug-likeness (QED) is 0.812. The molecule has 0 saturated carbocycles. The van der Waals surface area contributed by atoms with Gasteiger partial charge in [0.05, 0.1) is 5.01 Å². The predicted molar refractivity (Wildman–Crippen MR) is 79.7 cm³/mol. The molecule has 1 fully saturated rings. The Morgan fingerprint density at radius 2 is 2.00 bits per heavy atom. The van der Waals surface area contributed by atoms with E-state index in [9.17, 15) is 13.2 Å². The van der Waals surface area contributed by atoms with Gasteiger partial charge in [0.2, 0.25) is 0 Å². The van der Waals surface area contributed by atoms with Crippen molar-refractivity contribution in [2.45, 2.75) is 32.1 Å². The molecule has 0 bridgehead atoms. The van der Waals surface area contributed by atoms with Crippen LogP contribution in [0.1, 0.15) is 41.2 Å². The van der Waals surface area contributed by atoms with Gasteiger partial charge < -0.3 is 5.11 Å². The van der Waals surface area contributed by atoms with Gasteiger partial charge in [-0.3, -0.25) is 0 Å². The summed E-state index contributed by atoms with van der Waals surface area (Å²) in [7, 11) is -3.44. The summed E-state index contributed by atoms with van der Waals surface area (Å²) in [6.07, 6.45) is 4.34. The van der Waals surface area contributed by atoms with Crippen LogP contribution in [-0.4, -0.2) is 48.4 Å². The highest BCUT2D eigenvalue weighted by atomic mass is 32.2. The van der Waals surface area contributed by atoms with Crippen molar-refractivity contribution in [3.05, 3.63) is 16.1 Å². The third kappa shape index (κ3) is 4.73. The molecule has 1 aliphatic rings. The summed E-state index contributed by atoms with van der Waals surface area (Å²) in [5, 5.41) is 10.9. The fraction of sp³-hybridized carbons (Fsp3) is 0.667. The maximum Gasteiger partial charge on any atom is 0.355 e. The molecule has 1 saturated heterocycles. The van der Waals surface area contributed by atoms with Gasteiger partial charge in [-0.25, -0.2) is 14.5 Å². The SMILES string of the molecule is O=C(O)c1csc(CCNS(=O)(=O)N2CCCCCC2)n1. The van der Waals surface area contributed by atoms with Crippen LogP contribution in [0.2, 0.25) is 0 Å². The number of rotatable bonds is 6. The van der Waals surface area contributed by atoms with Crippen LogP contribution < -0.4 is 4.72 Å². The van der Waals surface area contributed by atoms with E-state index in [1.165, 1.54) is 21.0 Å². The number of carboxylic acid groups (broad SMARTS) is 1. The van der Waals surface area contributed by atoms with Crippen LogP contribution in [0.3, 0.4) is 0 Å². The minimum Gasteiger partial charge on any atom is -0.476 e. The Kier molecular flexibility index (Phi) is 5.68. The highest BCUT2D eigenvalue weighted by Gasteiger charge is 2.22. The summed E-state index contributed by atoms with van der Waals surface area (Å²) >= 11 is 1.23. The van der Waals surface area contributed by atoms with Crippen molar-refractivity contribution >= 4 is 27.5 Å². The van der Waals surface area contributed by atoms with Crippen LogP contribution in [0, 0.1) is 0 Å². The molecular formula is C12H19N3O4S2. The van der Waals surface area contributed by atoms with Crippen molar-refractivity contribution in [3.63, 3.8) is 0 Å². The molecule has 0 atom stereocenters. The van der Waals surface area contributed by atoms with E-state index in [0.717, 1.165) is 25.7 Å². The van der Waals surface area contributed by atoms with Gasteiger partial charge in [0.15, 0.2) is 5.69 Å². The lowest BCUT2D eigenvalue weighted by molar-refractivity contribution is 0.0691. The molecule has 0 unspecified atom stereocenters. The zero-order valence-electron chi connectivity index (χ0n) is 11.6. The number of nitrogens with zero attached hydrogens (tertiary/aromatic N) is 2. The highest BCUT2D eigenvalue weighted by molar-refractivity contribution is 7.87. The van der Waals surface area contributed by atoms with Crippen molar-refractivity contribution in [2.75, 3.05) is 19.6 Å². The van der Waals surface area contributed by atoms with Crippen LogP contribution in [0.15, 0.2) is 5.38 Å². The maximum absolute atomic E-state index is 12.1. The van der Waals surface area contributed by atoms with E-state index in [1.54, 1.807) is 0 Å². The number of thiazole rings is 1. The number of aromatic carboxylic acids is 1. The van der Waals surface area contributed by atoms with Crippen LogP contribution in [-0.2, 0) is 16.6 Å². The van der Waals surface area contributed by atoms with Crippen molar-refractivity contribution in [2.24, 2.45) is 0 Å². The molecule has 118 valence electrons. The molecule has 0 radical (unpaired) electrons. The van der Waals surface area contributed by atoms with Crippen LogP contribution in [0.25, 0.3) is 0 Å². The molecule has 2 N–H and O–H groups in total. The number of aromatic nitrogens is 1. The van der Waals surface area contributed by atoms with Crippen molar-refractivity contribution in [3.8, 4) is 0 Å². The molecule has 2 rings (SSSR count). The zero-order chi connectivity index (χ0) is 15.3. The lowest BCUT2D eigenvalue weighted by Gasteiger charge is -2.19. The Balaban J connectivity index is 1.84. The monoisotopic (exact) mass is 333 g/mol. The van der Waals surface area contributed by atoms with E-state index in [1.807, 2.05) is 0 Å². The normalized spacial score (nSPS) is 17.5. The smallest absolute Gasteiger partial charge is 0.355 e. The van der Waals surface area contributed by atoms with Crippen molar-refractivity contribution in [1.29, 1.82) is 0 Å². The van der Waals surface area contributed by atoms with Crippen molar-refractivity contribution in [1.82, 2.24) is 14.0 Å². The fourth-order valence-corrected chi connectivity index (χ4v) is 4.24. The number of carbonyl (C=O) groups is 1. The van der Waals surface area contributed by atoms with Gasteiger partial charge in [0.25, 0.3) is 10.2 Å². The highest BCUT2D eigenvalue weighted by Crippen LogP contribution is 2.13. The average molecular weight is 333 g/mol. The molecule has 0 spiro atoms. The average Bonchev–Trinajstić information content (AvgIpc) is 2.72. The van der Waals surface area contributed by atoms with Crippen LogP contribution in [0.5, 0.6) is 0 Å². The zero-order valence-corrected chi connectivity index (χ0v) is 13.3. The molecule has 0 aliphatic carbocycles. The van der Waals surface area contributed by atoms with Crippen LogP contribution in [0.4, 0.5) is 0 Å². The van der Waals surface area contributed by atoms with Gasteiger partial charge in [-0.1, -0.05) is 12.8 Å². The first kappa shape index (κ1) is 16.3. The second-order valence-corrected chi connectivity index (χ2v) is 7.59. The summed E-state index contributed by atoms with van der Waals surface area (Å²) in [4.78, 5) is 14.6. The van der Waals surface area contributed by atoms with E-state index in [0.29, 0.717) is 24.5 Å². The van der Waals surface area contributed by atoms with E-state index < -0.39 is 16.2 Å². The van der Waals surface area contributed by atoms with Crippen molar-refractivity contribution < 1.29 is 18.3 Å². The number of nitrogens with one attached hydrogen (secondary N) is 1. The summed E-state index contributed by atoms with van der Waals surface area (Å²) in [6.45, 7) is 1.36. The first-order valence-corrected chi connectivity index (χ1v) is 9.23. The van der Waals surface area contributed by atoms with E-state index in [4.69, 9.17) is 5.11 Å². The largest absolute Gasteiger partial charge is 0.476 e. The molecule has 0 amide bonds. The molecule has 1 aliphatic heterocycles. The second-order valence-electron chi connectivity index (χ2n) is 4.89. The van der Waals surface area contributed by atoms with E-state index >= 15 is 0 Å². The Bertz CT molecular complexity index is 577. The topological polar surface area (TPSA) is 99.6 Å². The molecule has 1 aromatic rings. The molecule has 0 aromatic carbocycles. The summed E-state index contributed by atoms with van der Waals surface area (Å²) in [5.74, 6) is -1.07. The van der Waals surface area contributed by atoms with Gasteiger partial charge in [-0.15, -0.1) is 11.3 Å². The predicted octanol–water partition coefficient (Wildman–Crippen LogP) is 1.09. The van der Waals surface area contributed by atoms with Gasteiger partial charge in [-0.05, 0) is 12.8 Å². The first-order valence-electron chi connectivity index (χ1n) is 6.91. The summed E-state index contributed by atoms with van der Waals surface area (Å²) < 4.78 is 28.3. The summed E-state index contributed by atoms with van der Waals surface area (Å²) in [5.41, 5.74) is 0.00498. The molecule has 9 heteroatoms. The standard InChI is InChI=1S/C12H19N3O4S2/c16-12(17)10-9-20-11(14-10)5-6-13-21(18,19)15-7-3-1-2-4-8-15/h9,13H,1-8H2,(H,16,17). The summed E-state index contributed by atoms with van der Waals surface area (Å²) in [6, 6.07) is 0. The lowest BCUT2D eigenvalue weighted by Crippen LogP contribution is -2.41. The molecule has 21 heavy (non-hydrogen) atoms. The van der Waals surface area contributed by atoms with Gasteiger partial charge >= 0.3 is 5.97 Å². The third-order valence-electron chi connectivity index (χ3n) is 3.30. The van der Waals surface area contributed by atoms with E-state index in [-0.39, 0.29) is 12.2 Å². The van der Waals surface area contributed by atoms with Gasteiger partial charge in [-0.2, -0.15) is 12.7 Å². The Hall–Kier alpha value is -1.03. The molecule has 1 aromatic heterocycles. The molecule has 7 nitrogen and oxygen atoms in total. The maximum atomic E-state index is 12.1. The second kappa shape index (κ2) is 7.30. The minimum absolute atomic E-state index is 0.00498. The Morgan fingerprint density at radius 1 is 1.33 bits per heavy atom. The van der Waals surface area contributed by atoms with Gasteiger partial charge in [0, 0.05) is 31.4 Å². The van der Waals surface area contributed by atoms with E-state index in [2.05, 4.69) is 9.71 Å².